The van der Waals surface area contributed by atoms with Gasteiger partial charge in [0, 0.05) is 11.8 Å². The van der Waals surface area contributed by atoms with Gasteiger partial charge >= 0.3 is 5.97 Å². The zero-order valence-corrected chi connectivity index (χ0v) is 14.2. The number of carbonyl (C=O) groups is 1. The minimum atomic E-state index is -4.14. The van der Waals surface area contributed by atoms with E-state index < -0.39 is 22.5 Å². The lowest BCUT2D eigenvalue weighted by Gasteiger charge is -2.21. The predicted molar refractivity (Wildman–Crippen MR) is 86.7 cm³/mol. The minimum Gasteiger partial charge on any atom is -0.481 e. The van der Waals surface area contributed by atoms with Gasteiger partial charge in [0.25, 0.3) is 10.0 Å². The molecule has 24 heavy (non-hydrogen) atoms. The number of methoxy groups -OCH3 is 1. The predicted octanol–water partition coefficient (Wildman–Crippen LogP) is 1.38. The van der Waals surface area contributed by atoms with Crippen LogP contribution in [0.1, 0.15) is 11.3 Å². The molecular formula is C15H17N3O5S. The van der Waals surface area contributed by atoms with Crippen LogP contribution in [0.25, 0.3) is 0 Å². The Bertz CT molecular complexity index is 850. The lowest BCUT2D eigenvalue weighted by Crippen LogP contribution is -2.37. The summed E-state index contributed by atoms with van der Waals surface area (Å²) in [5.74, 6) is -1.43. The van der Waals surface area contributed by atoms with Crippen LogP contribution in [0, 0.1) is 13.8 Å². The van der Waals surface area contributed by atoms with Gasteiger partial charge in [-0.3, -0.25) is 4.79 Å². The third-order valence-electron chi connectivity index (χ3n) is 3.14. The van der Waals surface area contributed by atoms with Crippen molar-refractivity contribution in [2.75, 3.05) is 18.0 Å². The van der Waals surface area contributed by atoms with E-state index in [1.54, 1.807) is 19.1 Å². The first kappa shape index (κ1) is 17.7. The topological polar surface area (TPSA) is 110 Å². The number of rotatable bonds is 6. The van der Waals surface area contributed by atoms with Crippen LogP contribution in [-0.4, -0.2) is 43.1 Å². The lowest BCUT2D eigenvalue weighted by molar-refractivity contribution is -0.135. The average Bonchev–Trinajstić information content (AvgIpc) is 2.52. The number of anilines is 1. The van der Waals surface area contributed by atoms with Crippen molar-refractivity contribution in [2.24, 2.45) is 0 Å². The van der Waals surface area contributed by atoms with Gasteiger partial charge in [0.2, 0.25) is 11.8 Å². The second-order valence-electron chi connectivity index (χ2n) is 5.07. The summed E-state index contributed by atoms with van der Waals surface area (Å²) in [5.41, 5.74) is 1.33. The highest BCUT2D eigenvalue weighted by atomic mass is 32.2. The van der Waals surface area contributed by atoms with E-state index in [1.807, 2.05) is 6.92 Å². The van der Waals surface area contributed by atoms with Crippen molar-refractivity contribution in [2.45, 2.75) is 18.7 Å². The normalized spacial score (nSPS) is 11.1. The highest BCUT2D eigenvalue weighted by molar-refractivity contribution is 7.92. The molecule has 0 atom stereocenters. The number of sulfonamides is 1. The summed E-state index contributed by atoms with van der Waals surface area (Å²) >= 11 is 0. The van der Waals surface area contributed by atoms with Gasteiger partial charge in [0.1, 0.15) is 6.54 Å². The Hall–Kier alpha value is -2.68. The zero-order valence-electron chi connectivity index (χ0n) is 13.4. The molecule has 0 amide bonds. The van der Waals surface area contributed by atoms with Crippen LogP contribution < -0.4 is 9.04 Å². The van der Waals surface area contributed by atoms with Gasteiger partial charge in [0.05, 0.1) is 12.0 Å². The molecule has 0 radical (unpaired) electrons. The van der Waals surface area contributed by atoms with E-state index in [1.165, 1.54) is 25.3 Å². The Morgan fingerprint density at radius 3 is 2.38 bits per heavy atom. The molecule has 2 aromatic rings. The van der Waals surface area contributed by atoms with Gasteiger partial charge in [-0.05, 0) is 26.0 Å². The molecular weight excluding hydrogens is 334 g/mol. The van der Waals surface area contributed by atoms with Crippen molar-refractivity contribution in [1.82, 2.24) is 9.97 Å². The number of aryl methyl sites for hydroxylation is 2. The van der Waals surface area contributed by atoms with Crippen LogP contribution >= 0.6 is 0 Å². The zero-order chi connectivity index (χ0) is 17.9. The Morgan fingerprint density at radius 2 is 1.83 bits per heavy atom. The van der Waals surface area contributed by atoms with E-state index >= 15 is 0 Å². The Balaban J connectivity index is 2.58. The van der Waals surface area contributed by atoms with E-state index in [9.17, 15) is 13.2 Å². The third-order valence-corrected chi connectivity index (χ3v) is 4.88. The van der Waals surface area contributed by atoms with Crippen molar-refractivity contribution < 1.29 is 23.1 Å². The quantitative estimate of drug-likeness (QED) is 0.837. The van der Waals surface area contributed by atoms with E-state index in [4.69, 9.17) is 9.84 Å². The van der Waals surface area contributed by atoms with Crippen LogP contribution in [0.2, 0.25) is 0 Å². The van der Waals surface area contributed by atoms with Crippen molar-refractivity contribution in [3.8, 4) is 5.88 Å². The monoisotopic (exact) mass is 351 g/mol. The second kappa shape index (κ2) is 6.83. The Labute approximate surface area is 139 Å². The van der Waals surface area contributed by atoms with Crippen molar-refractivity contribution >= 4 is 21.9 Å². The minimum absolute atomic E-state index is 0.0431. The summed E-state index contributed by atoms with van der Waals surface area (Å²) in [4.78, 5) is 19.1. The molecule has 9 heteroatoms. The van der Waals surface area contributed by atoms with E-state index in [0.717, 1.165) is 5.56 Å². The summed E-state index contributed by atoms with van der Waals surface area (Å²) in [6.45, 7) is 2.65. The van der Waals surface area contributed by atoms with E-state index in [2.05, 4.69) is 9.97 Å². The Kier molecular flexibility index (Phi) is 5.03. The van der Waals surface area contributed by atoms with Gasteiger partial charge in [-0.1, -0.05) is 17.7 Å². The maximum absolute atomic E-state index is 12.8. The van der Waals surface area contributed by atoms with Crippen molar-refractivity contribution in [3.05, 3.63) is 41.6 Å². The molecule has 1 heterocycles. The van der Waals surface area contributed by atoms with Gasteiger partial charge in [-0.2, -0.15) is 4.98 Å². The van der Waals surface area contributed by atoms with Gasteiger partial charge < -0.3 is 9.84 Å². The van der Waals surface area contributed by atoms with E-state index in [0.29, 0.717) is 10.00 Å². The van der Waals surface area contributed by atoms with Gasteiger partial charge in [-0.25, -0.2) is 17.7 Å². The molecule has 1 N–H and O–H groups in total. The summed E-state index contributed by atoms with van der Waals surface area (Å²) in [7, 11) is -2.76. The first-order chi connectivity index (χ1) is 11.2. The number of aliphatic carboxylic acids is 1. The molecule has 0 saturated carbocycles. The van der Waals surface area contributed by atoms with Crippen molar-refractivity contribution in [1.29, 1.82) is 0 Å². The Morgan fingerprint density at radius 1 is 1.21 bits per heavy atom. The first-order valence-electron chi connectivity index (χ1n) is 6.95. The van der Waals surface area contributed by atoms with Crippen LogP contribution in [0.4, 0.5) is 5.95 Å². The standard InChI is InChI=1S/C15H17N3O5S/c1-10-4-6-12(7-5-10)24(21,22)18(9-14(19)20)15-16-11(2)8-13(17-15)23-3/h4-8H,9H2,1-3H3,(H,19,20). The van der Waals surface area contributed by atoms with Crippen LogP contribution in [0.5, 0.6) is 5.88 Å². The SMILES string of the molecule is COc1cc(C)nc(N(CC(=O)O)S(=O)(=O)c2ccc(C)cc2)n1. The van der Waals surface area contributed by atoms with E-state index in [-0.39, 0.29) is 16.7 Å². The molecule has 0 bridgehead atoms. The number of carboxylic acids is 1. The molecule has 2 rings (SSSR count). The van der Waals surface area contributed by atoms with Gasteiger partial charge in [0.15, 0.2) is 0 Å². The number of carboxylic acid groups (broad SMARTS) is 1. The molecule has 1 aromatic carbocycles. The molecule has 0 unspecified atom stereocenters. The number of aromatic nitrogens is 2. The molecule has 0 aliphatic carbocycles. The molecule has 0 fully saturated rings. The summed E-state index contributed by atoms with van der Waals surface area (Å²) in [5, 5.41) is 9.10. The maximum Gasteiger partial charge on any atom is 0.324 e. The molecule has 0 aliphatic rings. The van der Waals surface area contributed by atoms with Crippen LogP contribution in [-0.2, 0) is 14.8 Å². The largest absolute Gasteiger partial charge is 0.481 e. The summed E-state index contributed by atoms with van der Waals surface area (Å²) < 4.78 is 31.3. The third kappa shape index (κ3) is 3.80. The molecule has 0 spiro atoms. The smallest absolute Gasteiger partial charge is 0.324 e. The first-order valence-corrected chi connectivity index (χ1v) is 8.39. The summed E-state index contributed by atoms with van der Waals surface area (Å²) in [6, 6.07) is 7.59. The molecule has 0 saturated heterocycles. The van der Waals surface area contributed by atoms with Crippen LogP contribution in [0.15, 0.2) is 35.2 Å². The highest BCUT2D eigenvalue weighted by Crippen LogP contribution is 2.23. The number of hydrogen-bond donors (Lipinski definition) is 1. The molecule has 0 aliphatic heterocycles. The fourth-order valence-electron chi connectivity index (χ4n) is 1.96. The fourth-order valence-corrected chi connectivity index (χ4v) is 3.28. The van der Waals surface area contributed by atoms with Crippen molar-refractivity contribution in [3.63, 3.8) is 0 Å². The number of benzene rings is 1. The number of nitrogens with zero attached hydrogens (tertiary/aromatic N) is 3. The summed E-state index contributed by atoms with van der Waals surface area (Å²) in [6.07, 6.45) is 0. The number of hydrogen-bond acceptors (Lipinski definition) is 6. The molecule has 128 valence electrons. The highest BCUT2D eigenvalue weighted by Gasteiger charge is 2.29. The second-order valence-corrected chi connectivity index (χ2v) is 6.93. The number of ether oxygens (including phenoxy) is 1. The molecule has 8 nitrogen and oxygen atoms in total. The lowest BCUT2D eigenvalue weighted by atomic mass is 10.2. The molecule has 1 aromatic heterocycles. The van der Waals surface area contributed by atoms with Gasteiger partial charge in [-0.15, -0.1) is 0 Å². The average molecular weight is 351 g/mol. The maximum atomic E-state index is 12.8. The fraction of sp³-hybridized carbons (Fsp3) is 0.267. The van der Waals surface area contributed by atoms with Crippen LogP contribution in [0.3, 0.4) is 0 Å².